The molecule has 1 aromatic heterocycles. The summed E-state index contributed by atoms with van der Waals surface area (Å²) in [6.45, 7) is 5.46. The summed E-state index contributed by atoms with van der Waals surface area (Å²) in [5.74, 6) is 0.0174. The van der Waals surface area contributed by atoms with Gasteiger partial charge in [-0.15, -0.1) is 0 Å². The van der Waals surface area contributed by atoms with Gasteiger partial charge in [-0.25, -0.2) is 0 Å². The number of carbonyl (C=O) groups excluding carboxylic acids is 2. The quantitative estimate of drug-likeness (QED) is 0.721. The van der Waals surface area contributed by atoms with E-state index in [2.05, 4.69) is 10.2 Å². The van der Waals surface area contributed by atoms with Gasteiger partial charge < -0.3 is 14.6 Å². The van der Waals surface area contributed by atoms with Crippen molar-refractivity contribution in [2.45, 2.75) is 13.0 Å². The summed E-state index contributed by atoms with van der Waals surface area (Å²) in [4.78, 5) is 24.7. The van der Waals surface area contributed by atoms with Crippen molar-refractivity contribution in [3.8, 4) is 0 Å². The van der Waals surface area contributed by atoms with Crippen LogP contribution in [0.3, 0.4) is 0 Å². The molecule has 6 nitrogen and oxygen atoms in total. The van der Waals surface area contributed by atoms with Gasteiger partial charge in [0.1, 0.15) is 0 Å². The number of ether oxygens (including phenoxy) is 1. The van der Waals surface area contributed by atoms with Gasteiger partial charge >= 0.3 is 0 Å². The predicted octanol–water partition coefficient (Wildman–Crippen LogP) is 0.139. The van der Waals surface area contributed by atoms with Crippen LogP contribution in [-0.2, 0) is 16.1 Å². The van der Waals surface area contributed by atoms with Crippen LogP contribution in [0.25, 0.3) is 0 Å². The van der Waals surface area contributed by atoms with Gasteiger partial charge in [-0.3, -0.25) is 14.5 Å². The lowest BCUT2D eigenvalue weighted by Gasteiger charge is -2.26. The first-order valence-electron chi connectivity index (χ1n) is 6.97. The second-order valence-electron chi connectivity index (χ2n) is 4.80. The van der Waals surface area contributed by atoms with Gasteiger partial charge in [0.2, 0.25) is 5.91 Å². The van der Waals surface area contributed by atoms with E-state index in [1.165, 1.54) is 0 Å². The second-order valence-corrected chi connectivity index (χ2v) is 4.80. The Kier molecular flexibility index (Phi) is 5.76. The molecule has 20 heavy (non-hydrogen) atoms. The highest BCUT2D eigenvalue weighted by atomic mass is 16.5. The molecule has 1 aromatic rings. The van der Waals surface area contributed by atoms with Crippen LogP contribution in [0, 0.1) is 0 Å². The van der Waals surface area contributed by atoms with Crippen molar-refractivity contribution in [3.63, 3.8) is 0 Å². The number of nitrogens with one attached hydrogen (secondary N) is 1. The number of aromatic nitrogens is 1. The molecule has 0 spiro atoms. The zero-order valence-electron chi connectivity index (χ0n) is 11.6. The number of morpholine rings is 1. The molecule has 110 valence electrons. The molecule has 0 aromatic carbocycles. The van der Waals surface area contributed by atoms with Crippen molar-refractivity contribution in [1.29, 1.82) is 0 Å². The molecule has 0 radical (unpaired) electrons. The number of nitrogens with zero attached hydrogens (tertiary/aromatic N) is 2. The van der Waals surface area contributed by atoms with Crippen LogP contribution in [0.1, 0.15) is 16.9 Å². The van der Waals surface area contributed by atoms with Crippen LogP contribution >= 0.6 is 0 Å². The minimum atomic E-state index is 0.0174. The second kappa shape index (κ2) is 7.81. The summed E-state index contributed by atoms with van der Waals surface area (Å²) >= 11 is 0. The molecular formula is C14H21N3O3. The highest BCUT2D eigenvalue weighted by Crippen LogP contribution is 2.00. The molecule has 2 heterocycles. The Hall–Kier alpha value is -1.66. The van der Waals surface area contributed by atoms with Gasteiger partial charge in [-0.2, -0.15) is 0 Å². The first-order chi connectivity index (χ1) is 9.79. The number of carbonyl (C=O) groups is 2. The van der Waals surface area contributed by atoms with E-state index in [0.29, 0.717) is 25.2 Å². The molecule has 0 aliphatic carbocycles. The Balaban J connectivity index is 1.61. The Morgan fingerprint density at radius 1 is 1.35 bits per heavy atom. The third-order valence-electron chi connectivity index (χ3n) is 3.42. The summed E-state index contributed by atoms with van der Waals surface area (Å²) in [7, 11) is 0. The van der Waals surface area contributed by atoms with E-state index in [-0.39, 0.29) is 5.91 Å². The Labute approximate surface area is 118 Å². The van der Waals surface area contributed by atoms with E-state index >= 15 is 0 Å². The average Bonchev–Trinajstić information content (AvgIpc) is 2.94. The number of rotatable bonds is 7. The van der Waals surface area contributed by atoms with E-state index in [1.807, 2.05) is 6.20 Å². The molecule has 1 aliphatic heterocycles. The van der Waals surface area contributed by atoms with Gasteiger partial charge in [0.05, 0.1) is 18.9 Å². The molecule has 0 unspecified atom stereocenters. The van der Waals surface area contributed by atoms with E-state index < -0.39 is 0 Å². The van der Waals surface area contributed by atoms with E-state index in [4.69, 9.17) is 4.74 Å². The SMILES string of the molecule is O=Cc1cccn1CCC(=O)NCCN1CCOCC1. The third-order valence-corrected chi connectivity index (χ3v) is 3.42. The van der Waals surface area contributed by atoms with Gasteiger partial charge in [0.15, 0.2) is 6.29 Å². The van der Waals surface area contributed by atoms with Crippen molar-refractivity contribution in [1.82, 2.24) is 14.8 Å². The predicted molar refractivity (Wildman–Crippen MR) is 74.7 cm³/mol. The van der Waals surface area contributed by atoms with Crippen molar-refractivity contribution >= 4 is 12.2 Å². The minimum Gasteiger partial charge on any atom is -0.379 e. The van der Waals surface area contributed by atoms with Gasteiger partial charge in [0, 0.05) is 45.3 Å². The van der Waals surface area contributed by atoms with Gasteiger partial charge in [-0.1, -0.05) is 0 Å². The van der Waals surface area contributed by atoms with Crippen LogP contribution in [0.4, 0.5) is 0 Å². The topological polar surface area (TPSA) is 63.6 Å². The molecule has 1 fully saturated rings. The molecule has 0 atom stereocenters. The highest BCUT2D eigenvalue weighted by Gasteiger charge is 2.10. The van der Waals surface area contributed by atoms with Crippen molar-refractivity contribution < 1.29 is 14.3 Å². The van der Waals surface area contributed by atoms with E-state index in [0.717, 1.165) is 39.1 Å². The van der Waals surface area contributed by atoms with Crippen LogP contribution < -0.4 is 5.32 Å². The van der Waals surface area contributed by atoms with Crippen LogP contribution in [0.5, 0.6) is 0 Å². The monoisotopic (exact) mass is 279 g/mol. The molecule has 0 saturated carbocycles. The van der Waals surface area contributed by atoms with Crippen molar-refractivity contribution in [3.05, 3.63) is 24.0 Å². The minimum absolute atomic E-state index is 0.0174. The van der Waals surface area contributed by atoms with E-state index in [9.17, 15) is 9.59 Å². The summed E-state index contributed by atoms with van der Waals surface area (Å²) in [6.07, 6.45) is 3.00. The molecule has 2 rings (SSSR count). The summed E-state index contributed by atoms with van der Waals surface area (Å²) in [5, 5.41) is 2.91. The lowest BCUT2D eigenvalue weighted by Crippen LogP contribution is -2.41. The van der Waals surface area contributed by atoms with Crippen LogP contribution in [0.2, 0.25) is 0 Å². The summed E-state index contributed by atoms with van der Waals surface area (Å²) in [6, 6.07) is 3.55. The number of aldehydes is 1. The number of amides is 1. The molecule has 1 aliphatic rings. The lowest BCUT2D eigenvalue weighted by atomic mass is 10.3. The van der Waals surface area contributed by atoms with Crippen LogP contribution in [0.15, 0.2) is 18.3 Å². The molecule has 1 N–H and O–H groups in total. The Bertz CT molecular complexity index is 439. The first-order valence-corrected chi connectivity index (χ1v) is 6.97. The fourth-order valence-corrected chi connectivity index (χ4v) is 2.23. The first kappa shape index (κ1) is 14.7. The lowest BCUT2D eigenvalue weighted by molar-refractivity contribution is -0.121. The van der Waals surface area contributed by atoms with Crippen molar-refractivity contribution in [2.24, 2.45) is 0 Å². The number of hydrogen-bond acceptors (Lipinski definition) is 4. The molecule has 0 bridgehead atoms. The maximum absolute atomic E-state index is 11.7. The fourth-order valence-electron chi connectivity index (χ4n) is 2.23. The average molecular weight is 279 g/mol. The number of aryl methyl sites for hydroxylation is 1. The largest absolute Gasteiger partial charge is 0.379 e. The molecule has 1 amide bonds. The highest BCUT2D eigenvalue weighted by molar-refractivity contribution is 5.76. The molecule has 1 saturated heterocycles. The molecular weight excluding hydrogens is 258 g/mol. The zero-order valence-corrected chi connectivity index (χ0v) is 11.6. The summed E-state index contributed by atoms with van der Waals surface area (Å²) in [5.41, 5.74) is 0.603. The maximum Gasteiger partial charge on any atom is 0.221 e. The van der Waals surface area contributed by atoms with Gasteiger partial charge in [0.25, 0.3) is 0 Å². The smallest absolute Gasteiger partial charge is 0.221 e. The van der Waals surface area contributed by atoms with Crippen LogP contribution in [-0.4, -0.2) is 61.1 Å². The molecule has 6 heteroatoms. The third kappa shape index (κ3) is 4.47. The summed E-state index contributed by atoms with van der Waals surface area (Å²) < 4.78 is 7.05. The van der Waals surface area contributed by atoms with Crippen molar-refractivity contribution in [2.75, 3.05) is 39.4 Å². The van der Waals surface area contributed by atoms with E-state index in [1.54, 1.807) is 16.7 Å². The zero-order chi connectivity index (χ0) is 14.2. The Morgan fingerprint density at radius 2 is 2.15 bits per heavy atom. The normalized spacial score (nSPS) is 16.0. The standard InChI is InChI=1S/C14H21N3O3/c18-12-13-2-1-5-17(13)6-3-14(19)15-4-7-16-8-10-20-11-9-16/h1-2,5,12H,3-4,6-11H2,(H,15,19). The maximum atomic E-state index is 11.7. The number of hydrogen-bond donors (Lipinski definition) is 1. The fraction of sp³-hybridized carbons (Fsp3) is 0.571. The Morgan fingerprint density at radius 3 is 2.90 bits per heavy atom. The van der Waals surface area contributed by atoms with Gasteiger partial charge in [-0.05, 0) is 12.1 Å².